The Kier molecular flexibility index (Phi) is 6.17. The van der Waals surface area contributed by atoms with E-state index in [1.54, 1.807) is 24.3 Å². The van der Waals surface area contributed by atoms with Gasteiger partial charge in [0.1, 0.15) is 0 Å². The molecule has 0 aliphatic heterocycles. The molecule has 4 N–H and O–H groups in total. The highest BCUT2D eigenvalue weighted by atomic mass is 16.3. The van der Waals surface area contributed by atoms with Crippen molar-refractivity contribution in [3.8, 4) is 0 Å². The van der Waals surface area contributed by atoms with E-state index in [0.717, 1.165) is 0 Å². The van der Waals surface area contributed by atoms with Gasteiger partial charge < -0.3 is 21.1 Å². The predicted molar refractivity (Wildman–Crippen MR) is 82.4 cm³/mol. The van der Waals surface area contributed by atoms with E-state index in [0.29, 0.717) is 24.2 Å². The molecule has 6 nitrogen and oxygen atoms in total. The van der Waals surface area contributed by atoms with Gasteiger partial charge >= 0.3 is 6.03 Å². The Balaban J connectivity index is 2.64. The van der Waals surface area contributed by atoms with Crippen molar-refractivity contribution in [2.24, 2.45) is 0 Å². The molecule has 3 amide bonds. The summed E-state index contributed by atoms with van der Waals surface area (Å²) in [5, 5.41) is 16.8. The van der Waals surface area contributed by atoms with Gasteiger partial charge in [-0.15, -0.1) is 0 Å². The molecule has 116 valence electrons. The Morgan fingerprint density at radius 3 is 2.57 bits per heavy atom. The maximum atomic E-state index is 12.0. The molecular formula is C15H23N3O3. The third-order valence-electron chi connectivity index (χ3n) is 2.49. The van der Waals surface area contributed by atoms with Crippen molar-refractivity contribution >= 4 is 17.6 Å². The van der Waals surface area contributed by atoms with Crippen LogP contribution in [0.4, 0.5) is 10.5 Å². The minimum atomic E-state index is -0.364. The lowest BCUT2D eigenvalue weighted by Gasteiger charge is -2.20. The number of carbonyl (C=O) groups is 2. The summed E-state index contributed by atoms with van der Waals surface area (Å²) >= 11 is 0. The number of aliphatic hydroxyl groups excluding tert-OH is 1. The van der Waals surface area contributed by atoms with Gasteiger partial charge in [0.25, 0.3) is 5.91 Å². The minimum Gasteiger partial charge on any atom is -0.396 e. The summed E-state index contributed by atoms with van der Waals surface area (Å²) in [5.74, 6) is -0.188. The fourth-order valence-corrected chi connectivity index (χ4v) is 1.61. The molecule has 1 aromatic carbocycles. The first-order chi connectivity index (χ1) is 9.81. The van der Waals surface area contributed by atoms with E-state index in [4.69, 9.17) is 5.11 Å². The Bertz CT molecular complexity index is 495. The Morgan fingerprint density at radius 2 is 1.95 bits per heavy atom. The van der Waals surface area contributed by atoms with Crippen molar-refractivity contribution in [3.63, 3.8) is 0 Å². The van der Waals surface area contributed by atoms with Crippen molar-refractivity contribution in [3.05, 3.63) is 29.8 Å². The molecule has 0 aliphatic carbocycles. The average Bonchev–Trinajstić information content (AvgIpc) is 2.37. The predicted octanol–water partition coefficient (Wildman–Crippen LogP) is 1.72. The van der Waals surface area contributed by atoms with Crippen LogP contribution in [0.2, 0.25) is 0 Å². The molecule has 0 radical (unpaired) electrons. The molecule has 1 aromatic rings. The third kappa shape index (κ3) is 6.76. The molecular weight excluding hydrogens is 270 g/mol. The summed E-state index contributed by atoms with van der Waals surface area (Å²) in [4.78, 5) is 23.6. The van der Waals surface area contributed by atoms with Gasteiger partial charge in [0.15, 0.2) is 0 Å². The van der Waals surface area contributed by atoms with Crippen LogP contribution in [-0.2, 0) is 0 Å². The van der Waals surface area contributed by atoms with E-state index in [-0.39, 0.29) is 24.1 Å². The summed E-state index contributed by atoms with van der Waals surface area (Å²) < 4.78 is 0. The fourth-order valence-electron chi connectivity index (χ4n) is 1.61. The molecule has 0 aromatic heterocycles. The molecule has 0 saturated heterocycles. The smallest absolute Gasteiger partial charge is 0.319 e. The van der Waals surface area contributed by atoms with Crippen molar-refractivity contribution < 1.29 is 14.7 Å². The van der Waals surface area contributed by atoms with Crippen LogP contribution >= 0.6 is 0 Å². The molecule has 0 unspecified atom stereocenters. The van der Waals surface area contributed by atoms with E-state index in [1.807, 2.05) is 20.8 Å². The highest BCUT2D eigenvalue weighted by Gasteiger charge is 2.15. The van der Waals surface area contributed by atoms with Crippen LogP contribution in [0, 0.1) is 0 Å². The van der Waals surface area contributed by atoms with Crippen LogP contribution in [0.25, 0.3) is 0 Å². The second-order valence-corrected chi connectivity index (χ2v) is 5.74. The van der Waals surface area contributed by atoms with E-state index in [2.05, 4.69) is 16.0 Å². The third-order valence-corrected chi connectivity index (χ3v) is 2.49. The summed E-state index contributed by atoms with van der Waals surface area (Å²) in [5.41, 5.74) is 0.707. The summed E-state index contributed by atoms with van der Waals surface area (Å²) in [6.45, 7) is 6.14. The molecule has 0 fully saturated rings. The molecule has 0 bridgehead atoms. The monoisotopic (exact) mass is 293 g/mol. The number of anilines is 1. The topological polar surface area (TPSA) is 90.5 Å². The fraction of sp³-hybridized carbons (Fsp3) is 0.467. The van der Waals surface area contributed by atoms with Crippen LogP contribution < -0.4 is 16.0 Å². The average molecular weight is 293 g/mol. The molecule has 21 heavy (non-hydrogen) atoms. The molecule has 0 aliphatic rings. The van der Waals surface area contributed by atoms with Gasteiger partial charge in [-0.3, -0.25) is 4.79 Å². The lowest BCUT2D eigenvalue weighted by atomic mass is 10.1. The summed E-state index contributed by atoms with van der Waals surface area (Å²) in [7, 11) is 0. The highest BCUT2D eigenvalue weighted by molar-refractivity contribution is 5.97. The van der Waals surface area contributed by atoms with E-state index in [1.165, 1.54) is 0 Å². The molecule has 1 rings (SSSR count). The van der Waals surface area contributed by atoms with Gasteiger partial charge in [-0.2, -0.15) is 0 Å². The zero-order valence-electron chi connectivity index (χ0n) is 12.7. The summed E-state index contributed by atoms with van der Waals surface area (Å²) in [6.07, 6.45) is 0.501. The molecule has 0 heterocycles. The molecule has 0 spiro atoms. The Morgan fingerprint density at radius 1 is 1.24 bits per heavy atom. The normalized spacial score (nSPS) is 10.9. The highest BCUT2D eigenvalue weighted by Crippen LogP contribution is 2.12. The quantitative estimate of drug-likeness (QED) is 0.623. The van der Waals surface area contributed by atoms with E-state index < -0.39 is 0 Å². The number of aliphatic hydroxyl groups is 1. The van der Waals surface area contributed by atoms with E-state index in [9.17, 15) is 9.59 Å². The van der Waals surface area contributed by atoms with Gasteiger partial charge in [0.05, 0.1) is 0 Å². The van der Waals surface area contributed by atoms with Crippen LogP contribution in [0.5, 0.6) is 0 Å². The van der Waals surface area contributed by atoms with Crippen molar-refractivity contribution in [1.29, 1.82) is 0 Å². The standard InChI is InChI=1S/C15H23N3O3/c1-15(2,3)18-13(20)11-6-4-7-12(10-11)17-14(21)16-8-5-9-19/h4,6-7,10,19H,5,8-9H2,1-3H3,(H,18,20)(H2,16,17,21). The number of carbonyl (C=O) groups excluding carboxylic acids is 2. The number of hydrogen-bond acceptors (Lipinski definition) is 3. The Labute approximate surface area is 124 Å². The van der Waals surface area contributed by atoms with Crippen molar-refractivity contribution in [2.75, 3.05) is 18.5 Å². The first-order valence-electron chi connectivity index (χ1n) is 6.90. The van der Waals surface area contributed by atoms with Gasteiger partial charge in [-0.1, -0.05) is 6.07 Å². The second kappa shape index (κ2) is 7.64. The molecule has 0 saturated carbocycles. The van der Waals surface area contributed by atoms with Crippen LogP contribution in [0.3, 0.4) is 0 Å². The molecule has 0 atom stereocenters. The van der Waals surface area contributed by atoms with Gasteiger partial charge in [-0.05, 0) is 45.4 Å². The first-order valence-corrected chi connectivity index (χ1v) is 6.90. The number of hydrogen-bond donors (Lipinski definition) is 4. The lowest BCUT2D eigenvalue weighted by Crippen LogP contribution is -2.40. The number of urea groups is 1. The lowest BCUT2D eigenvalue weighted by molar-refractivity contribution is 0.0919. The number of nitrogens with one attached hydrogen (secondary N) is 3. The van der Waals surface area contributed by atoms with Crippen molar-refractivity contribution in [1.82, 2.24) is 10.6 Å². The van der Waals surface area contributed by atoms with Crippen LogP contribution in [0.1, 0.15) is 37.6 Å². The molecule has 6 heteroatoms. The van der Waals surface area contributed by atoms with Gasteiger partial charge in [-0.25, -0.2) is 4.79 Å². The summed E-state index contributed by atoms with van der Waals surface area (Å²) in [6, 6.07) is 6.36. The minimum absolute atomic E-state index is 0.0305. The largest absolute Gasteiger partial charge is 0.396 e. The number of rotatable bonds is 5. The first kappa shape index (κ1) is 17.0. The maximum Gasteiger partial charge on any atom is 0.319 e. The van der Waals surface area contributed by atoms with Crippen molar-refractivity contribution in [2.45, 2.75) is 32.7 Å². The van der Waals surface area contributed by atoms with Gasteiger partial charge in [0, 0.05) is 29.9 Å². The number of amides is 3. The van der Waals surface area contributed by atoms with Crippen LogP contribution in [0.15, 0.2) is 24.3 Å². The second-order valence-electron chi connectivity index (χ2n) is 5.74. The maximum absolute atomic E-state index is 12.0. The van der Waals surface area contributed by atoms with E-state index >= 15 is 0 Å². The number of benzene rings is 1. The zero-order chi connectivity index (χ0) is 15.9. The SMILES string of the molecule is CC(C)(C)NC(=O)c1cccc(NC(=O)NCCCO)c1. The van der Waals surface area contributed by atoms with Gasteiger partial charge in [0.2, 0.25) is 0 Å². The zero-order valence-corrected chi connectivity index (χ0v) is 12.7. The Hall–Kier alpha value is -2.08. The van der Waals surface area contributed by atoms with Crippen LogP contribution in [-0.4, -0.2) is 35.7 Å².